The molecule has 3 N–H and O–H groups in total. The van der Waals surface area contributed by atoms with Crippen LogP contribution in [0.1, 0.15) is 15.6 Å². The van der Waals surface area contributed by atoms with Gasteiger partial charge in [0.25, 0.3) is 0 Å². The first kappa shape index (κ1) is 13.4. The fraction of sp³-hybridized carbons (Fsp3) is 0.231. The van der Waals surface area contributed by atoms with Crippen molar-refractivity contribution in [3.8, 4) is 0 Å². The normalized spacial score (nSPS) is 11.2. The topological polar surface area (TPSA) is 73.6 Å². The summed E-state index contributed by atoms with van der Waals surface area (Å²) in [6.45, 7) is 4.74. The quantitative estimate of drug-likeness (QED) is 0.676. The molecule has 0 spiro atoms. The molecular weight excluding hydrogens is 340 g/mol. The summed E-state index contributed by atoms with van der Waals surface area (Å²) in [6, 6.07) is 3.81. The highest BCUT2D eigenvalue weighted by atomic mass is 79.9. The molecule has 20 heavy (non-hydrogen) atoms. The van der Waals surface area contributed by atoms with Gasteiger partial charge < -0.3 is 15.3 Å². The molecule has 3 aromatic rings. The molecule has 0 saturated heterocycles. The van der Waals surface area contributed by atoms with Gasteiger partial charge in [0.2, 0.25) is 0 Å². The fourth-order valence-electron chi connectivity index (χ4n) is 2.10. The van der Waals surface area contributed by atoms with Crippen molar-refractivity contribution in [2.45, 2.75) is 20.4 Å². The van der Waals surface area contributed by atoms with Crippen LogP contribution in [-0.4, -0.2) is 15.0 Å². The molecule has 0 unspecified atom stereocenters. The van der Waals surface area contributed by atoms with E-state index in [1.807, 2.05) is 26.0 Å². The molecule has 0 aliphatic heterocycles. The van der Waals surface area contributed by atoms with E-state index in [4.69, 9.17) is 0 Å². The summed E-state index contributed by atoms with van der Waals surface area (Å²) in [5.74, 6) is 0. The molecule has 5 nitrogen and oxygen atoms in total. The van der Waals surface area contributed by atoms with Gasteiger partial charge in [0, 0.05) is 9.35 Å². The first-order valence-electron chi connectivity index (χ1n) is 6.11. The van der Waals surface area contributed by atoms with Gasteiger partial charge in [0.05, 0.1) is 34.0 Å². The molecule has 0 radical (unpaired) electrons. The Balaban J connectivity index is 1.88. The smallest absolute Gasteiger partial charge is 0.323 e. The third kappa shape index (κ3) is 2.51. The zero-order valence-corrected chi connectivity index (χ0v) is 13.4. The van der Waals surface area contributed by atoms with Crippen LogP contribution >= 0.6 is 27.3 Å². The number of aryl methyl sites for hydroxylation is 2. The summed E-state index contributed by atoms with van der Waals surface area (Å²) in [5, 5.41) is 4.45. The van der Waals surface area contributed by atoms with Gasteiger partial charge in [-0.3, -0.25) is 0 Å². The van der Waals surface area contributed by atoms with Crippen LogP contribution in [0.2, 0.25) is 0 Å². The average Bonchev–Trinajstić information content (AvgIpc) is 2.87. The van der Waals surface area contributed by atoms with Crippen molar-refractivity contribution in [3.05, 3.63) is 42.7 Å². The maximum atomic E-state index is 11.3. The van der Waals surface area contributed by atoms with Gasteiger partial charge in [0.1, 0.15) is 0 Å². The third-order valence-electron chi connectivity index (χ3n) is 3.04. The van der Waals surface area contributed by atoms with Gasteiger partial charge in [-0.2, -0.15) is 0 Å². The number of anilines is 1. The Morgan fingerprint density at radius 2 is 2.00 bits per heavy atom. The number of hydrogen-bond acceptors (Lipinski definition) is 4. The highest BCUT2D eigenvalue weighted by Crippen LogP contribution is 2.27. The van der Waals surface area contributed by atoms with Crippen molar-refractivity contribution >= 4 is 44.0 Å². The largest absolute Gasteiger partial charge is 0.379 e. The number of hydrogen-bond donors (Lipinski definition) is 3. The monoisotopic (exact) mass is 352 g/mol. The Hall–Kier alpha value is -1.60. The van der Waals surface area contributed by atoms with Crippen LogP contribution in [0.3, 0.4) is 0 Å². The molecule has 0 saturated carbocycles. The molecule has 0 atom stereocenters. The minimum absolute atomic E-state index is 0.196. The number of aromatic nitrogens is 3. The van der Waals surface area contributed by atoms with Crippen LogP contribution in [0.25, 0.3) is 11.0 Å². The molecule has 0 aliphatic carbocycles. The van der Waals surface area contributed by atoms with Gasteiger partial charge in [-0.15, -0.1) is 11.3 Å². The standard InChI is InChI=1S/C13H13BrN4OS/c1-6-12(20-7(2)16-6)5-15-9-4-11-10(3-8(9)14)17-13(19)18-11/h3-4,15H,5H2,1-2H3,(H2,17,18,19). The second-order valence-electron chi connectivity index (χ2n) is 4.55. The molecule has 0 fully saturated rings. The van der Waals surface area contributed by atoms with Crippen LogP contribution < -0.4 is 11.0 Å². The lowest BCUT2D eigenvalue weighted by Crippen LogP contribution is -2.00. The maximum Gasteiger partial charge on any atom is 0.323 e. The molecule has 0 bridgehead atoms. The lowest BCUT2D eigenvalue weighted by atomic mass is 10.2. The van der Waals surface area contributed by atoms with E-state index in [0.29, 0.717) is 0 Å². The predicted octanol–water partition coefficient (Wildman–Crippen LogP) is 3.30. The second-order valence-corrected chi connectivity index (χ2v) is 6.69. The Morgan fingerprint density at radius 3 is 2.65 bits per heavy atom. The van der Waals surface area contributed by atoms with Crippen molar-refractivity contribution in [1.29, 1.82) is 0 Å². The van der Waals surface area contributed by atoms with Crippen molar-refractivity contribution in [2.24, 2.45) is 0 Å². The van der Waals surface area contributed by atoms with Crippen LogP contribution in [0.15, 0.2) is 21.4 Å². The number of nitrogens with one attached hydrogen (secondary N) is 3. The number of benzene rings is 1. The highest BCUT2D eigenvalue weighted by Gasteiger charge is 2.08. The van der Waals surface area contributed by atoms with E-state index < -0.39 is 0 Å². The van der Waals surface area contributed by atoms with E-state index in [9.17, 15) is 4.79 Å². The molecule has 2 heterocycles. The van der Waals surface area contributed by atoms with E-state index in [1.165, 1.54) is 4.88 Å². The van der Waals surface area contributed by atoms with Gasteiger partial charge in [-0.1, -0.05) is 0 Å². The zero-order chi connectivity index (χ0) is 14.3. The number of aromatic amines is 2. The molecule has 0 aliphatic rings. The first-order valence-corrected chi connectivity index (χ1v) is 7.72. The van der Waals surface area contributed by atoms with Crippen LogP contribution in [-0.2, 0) is 6.54 Å². The average molecular weight is 353 g/mol. The summed E-state index contributed by atoms with van der Waals surface area (Å²) in [7, 11) is 0. The summed E-state index contributed by atoms with van der Waals surface area (Å²) < 4.78 is 0.916. The maximum absolute atomic E-state index is 11.3. The van der Waals surface area contributed by atoms with Crippen molar-refractivity contribution in [1.82, 2.24) is 15.0 Å². The SMILES string of the molecule is Cc1nc(C)c(CNc2cc3[nH]c(=O)[nH]c3cc2Br)s1. The van der Waals surface area contributed by atoms with Crippen LogP contribution in [0.4, 0.5) is 5.69 Å². The molecule has 7 heteroatoms. The summed E-state index contributed by atoms with van der Waals surface area (Å²) >= 11 is 5.21. The molecule has 104 valence electrons. The van der Waals surface area contributed by atoms with Crippen molar-refractivity contribution in [2.75, 3.05) is 5.32 Å². The van der Waals surface area contributed by atoms with Gasteiger partial charge in [0.15, 0.2) is 0 Å². The number of rotatable bonds is 3. The molecular formula is C13H13BrN4OS. The summed E-state index contributed by atoms with van der Waals surface area (Å²) in [5.41, 5.74) is 3.39. The number of fused-ring (bicyclic) bond motifs is 1. The second kappa shape index (κ2) is 5.06. The minimum Gasteiger partial charge on any atom is -0.379 e. The van der Waals surface area contributed by atoms with Crippen molar-refractivity contribution < 1.29 is 0 Å². The van der Waals surface area contributed by atoms with E-state index in [-0.39, 0.29) is 5.69 Å². The number of halogens is 1. The minimum atomic E-state index is -0.196. The third-order valence-corrected chi connectivity index (χ3v) is 4.77. The Bertz CT molecular complexity index is 833. The Labute approximate surface area is 127 Å². The number of imidazole rings is 1. The number of thiazole rings is 1. The van der Waals surface area contributed by atoms with Crippen LogP contribution in [0, 0.1) is 13.8 Å². The predicted molar refractivity (Wildman–Crippen MR) is 85.5 cm³/mol. The highest BCUT2D eigenvalue weighted by molar-refractivity contribution is 9.10. The van der Waals surface area contributed by atoms with E-state index >= 15 is 0 Å². The lowest BCUT2D eigenvalue weighted by molar-refractivity contribution is 1.11. The molecule has 2 aromatic heterocycles. The van der Waals surface area contributed by atoms with Gasteiger partial charge in [-0.25, -0.2) is 9.78 Å². The van der Waals surface area contributed by atoms with Gasteiger partial charge in [-0.05, 0) is 41.9 Å². The summed E-state index contributed by atoms with van der Waals surface area (Å²) in [4.78, 5) is 22.4. The van der Waals surface area contributed by atoms with Gasteiger partial charge >= 0.3 is 5.69 Å². The fourth-order valence-corrected chi connectivity index (χ4v) is 3.46. The molecule has 3 rings (SSSR count). The lowest BCUT2D eigenvalue weighted by Gasteiger charge is -2.08. The number of nitrogens with zero attached hydrogens (tertiary/aromatic N) is 1. The Kier molecular flexibility index (Phi) is 3.39. The van der Waals surface area contributed by atoms with E-state index in [0.717, 1.165) is 38.4 Å². The van der Waals surface area contributed by atoms with E-state index in [2.05, 4.69) is 36.2 Å². The van der Waals surface area contributed by atoms with Crippen LogP contribution in [0.5, 0.6) is 0 Å². The zero-order valence-electron chi connectivity index (χ0n) is 11.0. The Morgan fingerprint density at radius 1 is 1.30 bits per heavy atom. The number of H-pyrrole nitrogens is 2. The molecule has 1 aromatic carbocycles. The molecule has 0 amide bonds. The summed E-state index contributed by atoms with van der Waals surface area (Å²) in [6.07, 6.45) is 0. The van der Waals surface area contributed by atoms with E-state index in [1.54, 1.807) is 11.3 Å². The van der Waals surface area contributed by atoms with Crippen molar-refractivity contribution in [3.63, 3.8) is 0 Å². The first-order chi connectivity index (χ1) is 9.52.